The van der Waals surface area contributed by atoms with Crippen LogP contribution in [0.25, 0.3) is 5.52 Å². The monoisotopic (exact) mass is 244 g/mol. The molecule has 4 rings (SSSR count). The van der Waals surface area contributed by atoms with Gasteiger partial charge < -0.3 is 4.74 Å². The second kappa shape index (κ2) is 3.43. The Morgan fingerprint density at radius 1 is 1.44 bits per heavy atom. The Morgan fingerprint density at radius 2 is 2.28 bits per heavy atom. The van der Waals surface area contributed by atoms with Crippen LogP contribution in [-0.2, 0) is 0 Å². The van der Waals surface area contributed by atoms with Crippen LogP contribution in [0.1, 0.15) is 31.4 Å². The summed E-state index contributed by atoms with van der Waals surface area (Å²) >= 11 is 0. The normalized spacial score (nSPS) is 21.2. The van der Waals surface area contributed by atoms with Crippen molar-refractivity contribution >= 4 is 5.52 Å². The molecule has 2 aromatic heterocycles. The smallest absolute Gasteiger partial charge is 0.242 e. The third-order valence-corrected chi connectivity index (χ3v) is 4.24. The molecule has 2 aliphatic rings. The molecule has 0 radical (unpaired) electrons. The zero-order valence-corrected chi connectivity index (χ0v) is 10.5. The van der Waals surface area contributed by atoms with Crippen LogP contribution in [0.2, 0.25) is 0 Å². The van der Waals surface area contributed by atoms with E-state index < -0.39 is 0 Å². The number of aryl methyl sites for hydroxylation is 1. The molecule has 0 bridgehead atoms. The van der Waals surface area contributed by atoms with E-state index in [1.54, 1.807) is 10.7 Å². The van der Waals surface area contributed by atoms with Gasteiger partial charge in [0.05, 0.1) is 24.7 Å². The van der Waals surface area contributed by atoms with Gasteiger partial charge in [0.2, 0.25) is 5.88 Å². The molecular formula is C13H16N4O. The molecule has 0 amide bonds. The van der Waals surface area contributed by atoms with E-state index in [1.165, 1.54) is 25.7 Å². The van der Waals surface area contributed by atoms with E-state index in [-0.39, 0.29) is 0 Å². The predicted molar refractivity (Wildman–Crippen MR) is 65.4 cm³/mol. The number of rotatable bonds is 3. The lowest BCUT2D eigenvalue weighted by atomic mass is 9.72. The summed E-state index contributed by atoms with van der Waals surface area (Å²) in [5.41, 5.74) is 2.48. The van der Waals surface area contributed by atoms with Gasteiger partial charge in [0.15, 0.2) is 0 Å². The van der Waals surface area contributed by atoms with Crippen molar-refractivity contribution in [1.29, 1.82) is 0 Å². The molecule has 5 heteroatoms. The number of hydrogen-bond donors (Lipinski definition) is 0. The lowest BCUT2D eigenvalue weighted by Crippen LogP contribution is -2.30. The van der Waals surface area contributed by atoms with Crippen molar-refractivity contribution < 1.29 is 4.74 Å². The van der Waals surface area contributed by atoms with Crippen LogP contribution in [0.15, 0.2) is 12.4 Å². The van der Waals surface area contributed by atoms with E-state index in [2.05, 4.69) is 15.3 Å². The zero-order valence-electron chi connectivity index (χ0n) is 10.5. The third kappa shape index (κ3) is 1.57. The number of nitrogens with zero attached hydrogens (tertiary/aromatic N) is 4. The fourth-order valence-corrected chi connectivity index (χ4v) is 3.09. The molecule has 2 aromatic rings. The quantitative estimate of drug-likeness (QED) is 0.828. The standard InChI is InChI=1S/C13H16N4O/c1-9-7-17-11(6-14-16-17)12(15-9)18-8-10-4-13(5-10)2-3-13/h6-7,10H,2-5,8H2,1H3. The van der Waals surface area contributed by atoms with E-state index in [0.29, 0.717) is 11.8 Å². The topological polar surface area (TPSA) is 52.3 Å². The van der Waals surface area contributed by atoms with Crippen molar-refractivity contribution in [3.63, 3.8) is 0 Å². The van der Waals surface area contributed by atoms with E-state index in [9.17, 15) is 0 Å². The fraction of sp³-hybridized carbons (Fsp3) is 0.615. The molecule has 0 N–H and O–H groups in total. The highest BCUT2D eigenvalue weighted by atomic mass is 16.5. The highest BCUT2D eigenvalue weighted by molar-refractivity contribution is 5.53. The Balaban J connectivity index is 1.50. The molecule has 0 saturated heterocycles. The molecule has 2 heterocycles. The first kappa shape index (κ1) is 10.3. The second-order valence-electron chi connectivity index (χ2n) is 5.84. The fourth-order valence-electron chi connectivity index (χ4n) is 3.09. The minimum Gasteiger partial charge on any atom is -0.476 e. The first-order valence-corrected chi connectivity index (χ1v) is 6.55. The Labute approximate surface area is 105 Å². The van der Waals surface area contributed by atoms with Gasteiger partial charge in [-0.2, -0.15) is 0 Å². The van der Waals surface area contributed by atoms with Gasteiger partial charge in [0.25, 0.3) is 0 Å². The van der Waals surface area contributed by atoms with Gasteiger partial charge in [-0.1, -0.05) is 5.21 Å². The minimum atomic E-state index is 0.664. The summed E-state index contributed by atoms with van der Waals surface area (Å²) < 4.78 is 7.59. The van der Waals surface area contributed by atoms with E-state index in [4.69, 9.17) is 4.74 Å². The second-order valence-corrected chi connectivity index (χ2v) is 5.84. The zero-order chi connectivity index (χ0) is 12.2. The molecule has 0 atom stereocenters. The number of ether oxygens (including phenoxy) is 1. The first-order valence-electron chi connectivity index (χ1n) is 6.55. The Kier molecular flexibility index (Phi) is 1.96. The highest BCUT2D eigenvalue weighted by Gasteiger charge is 2.52. The molecule has 0 unspecified atom stereocenters. The number of hydrogen-bond acceptors (Lipinski definition) is 4. The van der Waals surface area contributed by atoms with E-state index in [0.717, 1.165) is 23.2 Å². The van der Waals surface area contributed by atoms with Crippen molar-refractivity contribution in [3.05, 3.63) is 18.1 Å². The lowest BCUT2D eigenvalue weighted by Gasteiger charge is -2.35. The summed E-state index contributed by atoms with van der Waals surface area (Å²) in [5.74, 6) is 1.38. The summed E-state index contributed by atoms with van der Waals surface area (Å²) in [6.45, 7) is 2.72. The van der Waals surface area contributed by atoms with E-state index >= 15 is 0 Å². The maximum Gasteiger partial charge on any atom is 0.242 e. The Morgan fingerprint density at radius 3 is 3.06 bits per heavy atom. The van der Waals surface area contributed by atoms with Crippen molar-refractivity contribution in [2.45, 2.75) is 32.6 Å². The van der Waals surface area contributed by atoms with Crippen LogP contribution in [0.4, 0.5) is 0 Å². The van der Waals surface area contributed by atoms with E-state index in [1.807, 2.05) is 13.1 Å². The van der Waals surface area contributed by atoms with Crippen molar-refractivity contribution in [2.75, 3.05) is 6.61 Å². The lowest BCUT2D eigenvalue weighted by molar-refractivity contribution is 0.102. The number of fused-ring (bicyclic) bond motifs is 1. The maximum atomic E-state index is 5.87. The van der Waals surface area contributed by atoms with Gasteiger partial charge in [-0.3, -0.25) is 0 Å². The first-order chi connectivity index (χ1) is 8.74. The van der Waals surface area contributed by atoms with Crippen molar-refractivity contribution in [1.82, 2.24) is 19.8 Å². The highest BCUT2D eigenvalue weighted by Crippen LogP contribution is 2.63. The van der Waals surface area contributed by atoms with Crippen molar-refractivity contribution in [2.24, 2.45) is 11.3 Å². The Bertz CT molecular complexity index is 594. The molecule has 2 fully saturated rings. The van der Waals surface area contributed by atoms with Crippen LogP contribution in [0, 0.1) is 18.3 Å². The average Bonchev–Trinajstić information content (AvgIpc) is 2.96. The summed E-state index contributed by atoms with van der Waals surface area (Å²) in [4.78, 5) is 4.43. The van der Waals surface area contributed by atoms with Crippen LogP contribution in [-0.4, -0.2) is 26.4 Å². The van der Waals surface area contributed by atoms with Gasteiger partial charge in [0, 0.05) is 0 Å². The van der Waals surface area contributed by atoms with Crippen LogP contribution < -0.4 is 4.74 Å². The van der Waals surface area contributed by atoms with Gasteiger partial charge >= 0.3 is 0 Å². The molecule has 94 valence electrons. The predicted octanol–water partition coefficient (Wildman–Crippen LogP) is 2.00. The Hall–Kier alpha value is -1.65. The molecule has 5 nitrogen and oxygen atoms in total. The van der Waals surface area contributed by atoms with Crippen LogP contribution in [0.5, 0.6) is 5.88 Å². The number of aromatic nitrogens is 4. The van der Waals surface area contributed by atoms with Gasteiger partial charge in [-0.25, -0.2) is 9.50 Å². The third-order valence-electron chi connectivity index (χ3n) is 4.24. The summed E-state index contributed by atoms with van der Waals surface area (Å²) in [7, 11) is 0. The summed E-state index contributed by atoms with van der Waals surface area (Å²) in [6, 6.07) is 0. The maximum absolute atomic E-state index is 5.87. The average molecular weight is 244 g/mol. The molecule has 2 saturated carbocycles. The van der Waals surface area contributed by atoms with Gasteiger partial charge in [0.1, 0.15) is 5.52 Å². The molecular weight excluding hydrogens is 228 g/mol. The summed E-state index contributed by atoms with van der Waals surface area (Å²) in [6.07, 6.45) is 9.11. The SMILES string of the molecule is Cc1cn2nncc2c(OCC2CC3(CC3)C2)n1. The molecule has 0 aliphatic heterocycles. The largest absolute Gasteiger partial charge is 0.476 e. The minimum absolute atomic E-state index is 0.664. The molecule has 1 spiro atoms. The molecule has 18 heavy (non-hydrogen) atoms. The molecule has 2 aliphatic carbocycles. The van der Waals surface area contributed by atoms with Gasteiger partial charge in [-0.15, -0.1) is 5.10 Å². The van der Waals surface area contributed by atoms with Crippen molar-refractivity contribution in [3.8, 4) is 5.88 Å². The van der Waals surface area contributed by atoms with Crippen LogP contribution in [0.3, 0.4) is 0 Å². The van der Waals surface area contributed by atoms with Crippen LogP contribution >= 0.6 is 0 Å². The molecule has 0 aromatic carbocycles. The summed E-state index contributed by atoms with van der Waals surface area (Å²) in [5, 5.41) is 7.87. The van der Waals surface area contributed by atoms with Gasteiger partial charge in [-0.05, 0) is 43.9 Å².